The summed E-state index contributed by atoms with van der Waals surface area (Å²) in [7, 11) is 1.41. The summed E-state index contributed by atoms with van der Waals surface area (Å²) in [5.41, 5.74) is 3.56. The first-order valence-electron chi connectivity index (χ1n) is 10.3. The molecule has 2 amide bonds. The highest BCUT2D eigenvalue weighted by atomic mass is 16.5. The summed E-state index contributed by atoms with van der Waals surface area (Å²) in [5, 5.41) is 11.6. The van der Waals surface area contributed by atoms with Crippen LogP contribution >= 0.6 is 0 Å². The Morgan fingerprint density at radius 3 is 2.32 bits per heavy atom. The minimum Gasteiger partial charge on any atom is -0.453 e. The molecule has 0 aliphatic carbocycles. The Hall–Kier alpha value is -3.68. The summed E-state index contributed by atoms with van der Waals surface area (Å²) in [6.07, 6.45) is 1.52. The number of benzene rings is 2. The number of ether oxygens (including phenoxy) is 1. The van der Waals surface area contributed by atoms with Crippen molar-refractivity contribution in [1.82, 2.24) is 19.9 Å². The maximum atomic E-state index is 12.7. The zero-order valence-corrected chi connectivity index (χ0v) is 17.6. The molecule has 0 atom stereocenters. The average Bonchev–Trinajstić information content (AvgIpc) is 3.21. The maximum absolute atomic E-state index is 12.7. The molecule has 2 heterocycles. The molecule has 1 aromatic heterocycles. The number of piperidine rings is 1. The topological polar surface area (TPSA) is 89.4 Å². The first kappa shape index (κ1) is 20.6. The maximum Gasteiger partial charge on any atom is 0.409 e. The summed E-state index contributed by atoms with van der Waals surface area (Å²) in [4.78, 5) is 27.5. The number of amides is 2. The number of carbonyl (C=O) groups excluding carboxylic acids is 2. The Labute approximate surface area is 180 Å². The Balaban J connectivity index is 1.39. The summed E-state index contributed by atoms with van der Waals surface area (Å²) in [5.74, 6) is 0.0949. The molecule has 1 aliphatic heterocycles. The summed E-state index contributed by atoms with van der Waals surface area (Å²) < 4.78 is 4.79. The molecule has 2 aromatic carbocycles. The molecular formula is C23H25N5O3. The van der Waals surface area contributed by atoms with Gasteiger partial charge in [0.25, 0.3) is 5.91 Å². The van der Waals surface area contributed by atoms with Crippen LogP contribution in [0.2, 0.25) is 0 Å². The van der Waals surface area contributed by atoms with E-state index in [0.29, 0.717) is 36.1 Å². The minimum absolute atomic E-state index is 0.268. The van der Waals surface area contributed by atoms with E-state index in [-0.39, 0.29) is 12.0 Å². The molecule has 8 heteroatoms. The Morgan fingerprint density at radius 2 is 1.68 bits per heavy atom. The number of hydrogen-bond donors (Lipinski definition) is 1. The predicted octanol–water partition coefficient (Wildman–Crippen LogP) is 3.77. The fraction of sp³-hybridized carbons (Fsp3) is 0.304. The number of para-hydroxylation sites is 1. The molecule has 3 aromatic rings. The van der Waals surface area contributed by atoms with Crippen molar-refractivity contribution in [2.24, 2.45) is 0 Å². The molecule has 1 aliphatic rings. The lowest BCUT2D eigenvalue weighted by atomic mass is 9.89. The van der Waals surface area contributed by atoms with Gasteiger partial charge in [0.1, 0.15) is 0 Å². The van der Waals surface area contributed by atoms with Crippen molar-refractivity contribution in [3.05, 3.63) is 71.5 Å². The highest BCUT2D eigenvalue weighted by Crippen LogP contribution is 2.29. The molecule has 0 spiro atoms. The van der Waals surface area contributed by atoms with Crippen molar-refractivity contribution in [3.63, 3.8) is 0 Å². The van der Waals surface area contributed by atoms with Gasteiger partial charge < -0.3 is 15.0 Å². The largest absolute Gasteiger partial charge is 0.453 e. The summed E-state index contributed by atoms with van der Waals surface area (Å²) in [6, 6.07) is 17.3. The number of aryl methyl sites for hydroxylation is 1. The lowest BCUT2D eigenvalue weighted by molar-refractivity contribution is 0.102. The van der Waals surface area contributed by atoms with Crippen molar-refractivity contribution in [2.75, 3.05) is 25.5 Å². The number of hydrogen-bond acceptors (Lipinski definition) is 5. The number of methoxy groups -OCH3 is 1. The van der Waals surface area contributed by atoms with Crippen molar-refractivity contribution < 1.29 is 14.3 Å². The number of carbonyl (C=O) groups is 2. The predicted molar refractivity (Wildman–Crippen MR) is 116 cm³/mol. The van der Waals surface area contributed by atoms with Crippen LogP contribution in [0.3, 0.4) is 0 Å². The van der Waals surface area contributed by atoms with Crippen molar-refractivity contribution in [1.29, 1.82) is 0 Å². The lowest BCUT2D eigenvalue weighted by Crippen LogP contribution is -2.37. The second kappa shape index (κ2) is 8.99. The van der Waals surface area contributed by atoms with E-state index in [1.54, 1.807) is 11.8 Å². The van der Waals surface area contributed by atoms with Gasteiger partial charge in [-0.2, -0.15) is 9.90 Å². The molecule has 1 saturated heterocycles. The molecule has 0 unspecified atom stereocenters. The first-order valence-corrected chi connectivity index (χ1v) is 10.3. The molecule has 4 rings (SSSR count). The van der Waals surface area contributed by atoms with Gasteiger partial charge in [-0.25, -0.2) is 4.79 Å². The second-order valence-electron chi connectivity index (χ2n) is 7.57. The zero-order chi connectivity index (χ0) is 21.8. The number of aromatic nitrogens is 3. The van der Waals surface area contributed by atoms with Crippen LogP contribution in [0.5, 0.6) is 0 Å². The SMILES string of the molecule is COC(=O)N1CCC(c2ccc(NC(=O)c3nn(-c4ccccc4)nc3C)cc2)CC1. The molecule has 31 heavy (non-hydrogen) atoms. The van der Waals surface area contributed by atoms with E-state index in [2.05, 4.69) is 15.5 Å². The van der Waals surface area contributed by atoms with Crippen LogP contribution in [0.15, 0.2) is 54.6 Å². The third-order valence-corrected chi connectivity index (χ3v) is 5.55. The fourth-order valence-electron chi connectivity index (χ4n) is 3.82. The number of nitrogens with one attached hydrogen (secondary N) is 1. The summed E-state index contributed by atoms with van der Waals surface area (Å²) in [6.45, 7) is 3.14. The standard InChI is InChI=1S/C23H25N5O3/c1-16-21(26-28(25-16)20-6-4-3-5-7-20)22(29)24-19-10-8-17(9-11-19)18-12-14-27(15-13-18)23(30)31-2/h3-11,18H,12-15H2,1-2H3,(H,24,29). The fourth-order valence-corrected chi connectivity index (χ4v) is 3.82. The van der Waals surface area contributed by atoms with Crippen LogP contribution in [-0.2, 0) is 4.74 Å². The molecular weight excluding hydrogens is 394 g/mol. The monoisotopic (exact) mass is 419 g/mol. The number of anilines is 1. The molecule has 0 radical (unpaired) electrons. The Morgan fingerprint density at radius 1 is 1.00 bits per heavy atom. The van der Waals surface area contributed by atoms with Gasteiger partial charge in [0.15, 0.2) is 5.69 Å². The lowest BCUT2D eigenvalue weighted by Gasteiger charge is -2.31. The van der Waals surface area contributed by atoms with Gasteiger partial charge in [-0.15, -0.1) is 5.10 Å². The zero-order valence-electron chi connectivity index (χ0n) is 17.6. The van der Waals surface area contributed by atoms with Crippen molar-refractivity contribution in [2.45, 2.75) is 25.7 Å². The van der Waals surface area contributed by atoms with E-state index in [1.165, 1.54) is 17.5 Å². The molecule has 1 N–H and O–H groups in total. The van der Waals surface area contributed by atoms with E-state index in [1.807, 2.05) is 54.6 Å². The van der Waals surface area contributed by atoms with E-state index in [9.17, 15) is 9.59 Å². The first-order chi connectivity index (χ1) is 15.0. The van der Waals surface area contributed by atoms with Crippen LogP contribution in [0, 0.1) is 6.92 Å². The van der Waals surface area contributed by atoms with Gasteiger partial charge in [0, 0.05) is 18.8 Å². The van der Waals surface area contributed by atoms with Crippen LogP contribution in [0.25, 0.3) is 5.69 Å². The van der Waals surface area contributed by atoms with E-state index in [4.69, 9.17) is 4.74 Å². The van der Waals surface area contributed by atoms with Gasteiger partial charge >= 0.3 is 6.09 Å². The normalized spacial score (nSPS) is 14.3. The second-order valence-corrected chi connectivity index (χ2v) is 7.57. The third kappa shape index (κ3) is 4.58. The van der Waals surface area contributed by atoms with Gasteiger partial charge in [-0.1, -0.05) is 30.3 Å². The smallest absolute Gasteiger partial charge is 0.409 e. The van der Waals surface area contributed by atoms with E-state index >= 15 is 0 Å². The number of nitrogens with zero attached hydrogens (tertiary/aromatic N) is 4. The van der Waals surface area contributed by atoms with E-state index < -0.39 is 0 Å². The van der Waals surface area contributed by atoms with Gasteiger partial charge in [-0.3, -0.25) is 4.79 Å². The molecule has 160 valence electrons. The van der Waals surface area contributed by atoms with Crippen LogP contribution in [0.1, 0.15) is 40.5 Å². The van der Waals surface area contributed by atoms with Crippen LogP contribution < -0.4 is 5.32 Å². The van der Waals surface area contributed by atoms with Crippen LogP contribution in [-0.4, -0.2) is 52.1 Å². The van der Waals surface area contributed by atoms with Crippen molar-refractivity contribution in [3.8, 4) is 5.69 Å². The molecule has 8 nitrogen and oxygen atoms in total. The Kier molecular flexibility index (Phi) is 5.97. The molecule has 1 fully saturated rings. The number of rotatable bonds is 4. The van der Waals surface area contributed by atoms with Crippen LogP contribution in [0.4, 0.5) is 10.5 Å². The Bertz CT molecular complexity index is 1050. The molecule has 0 saturated carbocycles. The van der Waals surface area contributed by atoms with Gasteiger partial charge in [-0.05, 0) is 55.5 Å². The molecule has 0 bridgehead atoms. The highest BCUT2D eigenvalue weighted by molar-refractivity contribution is 6.03. The highest BCUT2D eigenvalue weighted by Gasteiger charge is 2.24. The van der Waals surface area contributed by atoms with Gasteiger partial charge in [0.05, 0.1) is 18.5 Å². The number of likely N-dealkylation sites (tertiary alicyclic amines) is 1. The van der Waals surface area contributed by atoms with E-state index in [0.717, 1.165) is 18.5 Å². The quantitative estimate of drug-likeness (QED) is 0.695. The van der Waals surface area contributed by atoms with Crippen molar-refractivity contribution >= 4 is 17.7 Å². The summed E-state index contributed by atoms with van der Waals surface area (Å²) >= 11 is 0. The van der Waals surface area contributed by atoms with Gasteiger partial charge in [0.2, 0.25) is 0 Å². The minimum atomic E-state index is -0.293. The average molecular weight is 419 g/mol. The third-order valence-electron chi connectivity index (χ3n) is 5.55.